The van der Waals surface area contributed by atoms with Crippen LogP contribution in [0.2, 0.25) is 0 Å². The second kappa shape index (κ2) is 10.4. The lowest BCUT2D eigenvalue weighted by atomic mass is 10.1. The van der Waals surface area contributed by atoms with Gasteiger partial charge in [0.25, 0.3) is 5.91 Å². The third-order valence-corrected chi connectivity index (χ3v) is 5.77. The first-order valence-corrected chi connectivity index (χ1v) is 10.4. The standard InChI is InChI=1S/C23H30FN3O3/c1-25(15-18-6-4-5-7-21(18)29-2)23(28)17-27-12-10-26(11-13-27)16-19-14-20(24)8-9-22(19)30-3/h4-9,14H,10-13,15-17H2,1-3H3/p+2. The van der Waals surface area contributed by atoms with Gasteiger partial charge < -0.3 is 24.2 Å². The number of nitrogens with zero attached hydrogens (tertiary/aromatic N) is 1. The maximum Gasteiger partial charge on any atom is 0.277 e. The molecule has 0 unspecified atom stereocenters. The van der Waals surface area contributed by atoms with Crippen LogP contribution in [-0.4, -0.2) is 64.8 Å². The minimum atomic E-state index is -0.238. The van der Waals surface area contributed by atoms with E-state index in [1.165, 1.54) is 15.9 Å². The van der Waals surface area contributed by atoms with Crippen molar-refractivity contribution in [2.24, 2.45) is 0 Å². The number of hydrogen-bond acceptors (Lipinski definition) is 3. The first kappa shape index (κ1) is 22.1. The zero-order valence-electron chi connectivity index (χ0n) is 18.0. The van der Waals surface area contributed by atoms with E-state index in [-0.39, 0.29) is 11.7 Å². The van der Waals surface area contributed by atoms with E-state index in [4.69, 9.17) is 9.47 Å². The van der Waals surface area contributed by atoms with Gasteiger partial charge in [0.15, 0.2) is 6.54 Å². The molecule has 0 aliphatic carbocycles. The van der Waals surface area contributed by atoms with Crippen LogP contribution in [0.1, 0.15) is 11.1 Å². The van der Waals surface area contributed by atoms with E-state index in [1.54, 1.807) is 31.3 Å². The third-order valence-electron chi connectivity index (χ3n) is 5.77. The summed E-state index contributed by atoms with van der Waals surface area (Å²) in [6, 6.07) is 12.4. The van der Waals surface area contributed by atoms with Crippen LogP contribution in [0.5, 0.6) is 11.5 Å². The van der Waals surface area contributed by atoms with Crippen molar-refractivity contribution in [3.63, 3.8) is 0 Å². The lowest BCUT2D eigenvalue weighted by Crippen LogP contribution is -3.28. The number of carbonyl (C=O) groups excluding carboxylic acids is 1. The summed E-state index contributed by atoms with van der Waals surface area (Å²) in [7, 11) is 5.10. The van der Waals surface area contributed by atoms with Crippen LogP contribution in [-0.2, 0) is 17.9 Å². The maximum atomic E-state index is 13.6. The molecule has 1 heterocycles. The highest BCUT2D eigenvalue weighted by Gasteiger charge is 2.27. The summed E-state index contributed by atoms with van der Waals surface area (Å²) in [5.74, 6) is 1.42. The van der Waals surface area contributed by atoms with Crippen LogP contribution >= 0.6 is 0 Å². The Morgan fingerprint density at radius 2 is 1.60 bits per heavy atom. The number of nitrogens with one attached hydrogen (secondary N) is 2. The van der Waals surface area contributed by atoms with Gasteiger partial charge >= 0.3 is 0 Å². The molecule has 2 aromatic rings. The monoisotopic (exact) mass is 417 g/mol. The van der Waals surface area contributed by atoms with Gasteiger partial charge in [-0.3, -0.25) is 4.79 Å². The van der Waals surface area contributed by atoms with Gasteiger partial charge in [-0.1, -0.05) is 18.2 Å². The molecule has 0 aromatic heterocycles. The number of piperazine rings is 1. The van der Waals surface area contributed by atoms with Crippen molar-refractivity contribution in [3.8, 4) is 11.5 Å². The molecule has 162 valence electrons. The van der Waals surface area contributed by atoms with Crippen LogP contribution in [0.15, 0.2) is 42.5 Å². The van der Waals surface area contributed by atoms with Crippen molar-refractivity contribution < 1.29 is 28.5 Å². The Morgan fingerprint density at radius 1 is 0.967 bits per heavy atom. The van der Waals surface area contributed by atoms with Gasteiger partial charge in [0.1, 0.15) is 50.0 Å². The minimum Gasteiger partial charge on any atom is -0.496 e. The number of benzene rings is 2. The predicted octanol–water partition coefficient (Wildman–Crippen LogP) is -0.215. The second-order valence-corrected chi connectivity index (χ2v) is 7.87. The molecule has 2 aromatic carbocycles. The average molecular weight is 418 g/mol. The average Bonchev–Trinajstić information content (AvgIpc) is 2.75. The van der Waals surface area contributed by atoms with E-state index >= 15 is 0 Å². The number of carbonyl (C=O) groups is 1. The number of hydrogen-bond donors (Lipinski definition) is 2. The smallest absolute Gasteiger partial charge is 0.277 e. The molecule has 30 heavy (non-hydrogen) atoms. The van der Waals surface area contributed by atoms with Crippen molar-refractivity contribution >= 4 is 5.91 Å². The van der Waals surface area contributed by atoms with Crippen LogP contribution in [0.3, 0.4) is 0 Å². The minimum absolute atomic E-state index is 0.131. The molecule has 0 saturated carbocycles. The number of likely N-dealkylation sites (N-methyl/N-ethyl adjacent to an activating group) is 1. The highest BCUT2D eigenvalue weighted by Crippen LogP contribution is 2.19. The Morgan fingerprint density at radius 3 is 2.30 bits per heavy atom. The van der Waals surface area contributed by atoms with E-state index in [0.29, 0.717) is 13.1 Å². The molecule has 1 fully saturated rings. The van der Waals surface area contributed by atoms with E-state index in [2.05, 4.69) is 0 Å². The molecule has 3 rings (SSSR count). The normalized spacial score (nSPS) is 18.7. The molecule has 0 radical (unpaired) electrons. The van der Waals surface area contributed by atoms with Crippen molar-refractivity contribution in [1.82, 2.24) is 4.90 Å². The summed E-state index contributed by atoms with van der Waals surface area (Å²) in [6.45, 7) is 5.48. The molecule has 1 saturated heterocycles. The van der Waals surface area contributed by atoms with Gasteiger partial charge in [0.2, 0.25) is 0 Å². The highest BCUT2D eigenvalue weighted by molar-refractivity contribution is 5.76. The molecular weight excluding hydrogens is 385 g/mol. The van der Waals surface area contributed by atoms with Gasteiger partial charge in [-0.25, -0.2) is 4.39 Å². The molecule has 1 aliphatic heterocycles. The SMILES string of the molecule is COc1ccccc1CN(C)C(=O)C[NH+]1CC[NH+](Cc2cc(F)ccc2OC)CC1. The molecule has 0 atom stereocenters. The van der Waals surface area contributed by atoms with E-state index in [9.17, 15) is 9.18 Å². The second-order valence-electron chi connectivity index (χ2n) is 7.87. The fourth-order valence-corrected chi connectivity index (χ4v) is 3.99. The fraction of sp³-hybridized carbons (Fsp3) is 0.435. The Hall–Kier alpha value is -2.64. The summed E-state index contributed by atoms with van der Waals surface area (Å²) in [5.41, 5.74) is 1.90. The Bertz CT molecular complexity index is 853. The molecule has 0 bridgehead atoms. The Kier molecular flexibility index (Phi) is 7.65. The molecular formula is C23H32FN3O3+2. The number of rotatable bonds is 8. The van der Waals surface area contributed by atoms with Gasteiger partial charge in [-0.15, -0.1) is 0 Å². The fourth-order valence-electron chi connectivity index (χ4n) is 3.99. The summed E-state index contributed by atoms with van der Waals surface area (Å²) in [6.07, 6.45) is 0. The topological polar surface area (TPSA) is 47.6 Å². The van der Waals surface area contributed by atoms with Crippen molar-refractivity contribution in [1.29, 1.82) is 0 Å². The quantitative estimate of drug-likeness (QED) is 0.625. The van der Waals surface area contributed by atoms with E-state index in [0.717, 1.165) is 55.3 Å². The lowest BCUT2D eigenvalue weighted by molar-refractivity contribution is -1.02. The molecule has 1 amide bonds. The number of methoxy groups -OCH3 is 2. The molecule has 0 spiro atoms. The predicted molar refractivity (Wildman–Crippen MR) is 112 cm³/mol. The largest absolute Gasteiger partial charge is 0.496 e. The summed E-state index contributed by atoms with van der Waals surface area (Å²) >= 11 is 0. The number of amides is 1. The zero-order chi connectivity index (χ0) is 21.5. The number of ether oxygens (including phenoxy) is 2. The van der Waals surface area contributed by atoms with Gasteiger partial charge in [0.05, 0.1) is 19.8 Å². The van der Waals surface area contributed by atoms with Gasteiger partial charge in [0, 0.05) is 19.2 Å². The molecule has 2 N–H and O–H groups in total. The first-order chi connectivity index (χ1) is 14.5. The highest BCUT2D eigenvalue weighted by atomic mass is 19.1. The van der Waals surface area contributed by atoms with Crippen LogP contribution in [0.4, 0.5) is 4.39 Å². The van der Waals surface area contributed by atoms with Gasteiger partial charge in [-0.2, -0.15) is 0 Å². The third kappa shape index (κ3) is 5.70. The number of halogens is 1. The van der Waals surface area contributed by atoms with Crippen LogP contribution < -0.4 is 19.3 Å². The Balaban J connectivity index is 1.48. The van der Waals surface area contributed by atoms with Crippen LogP contribution in [0, 0.1) is 5.82 Å². The Labute approximate surface area is 177 Å². The molecule has 7 heteroatoms. The summed E-state index contributed by atoms with van der Waals surface area (Å²) in [5, 5.41) is 0. The summed E-state index contributed by atoms with van der Waals surface area (Å²) in [4.78, 5) is 17.2. The first-order valence-electron chi connectivity index (χ1n) is 10.4. The zero-order valence-corrected chi connectivity index (χ0v) is 18.0. The number of para-hydroxylation sites is 1. The molecule has 1 aliphatic rings. The van der Waals surface area contributed by atoms with Crippen LogP contribution in [0.25, 0.3) is 0 Å². The van der Waals surface area contributed by atoms with E-state index < -0.39 is 0 Å². The molecule has 6 nitrogen and oxygen atoms in total. The summed E-state index contributed by atoms with van der Waals surface area (Å²) < 4.78 is 24.3. The van der Waals surface area contributed by atoms with Crippen molar-refractivity contribution in [2.45, 2.75) is 13.1 Å². The van der Waals surface area contributed by atoms with E-state index in [1.807, 2.05) is 31.3 Å². The van der Waals surface area contributed by atoms with Crippen molar-refractivity contribution in [2.75, 3.05) is 54.0 Å². The van der Waals surface area contributed by atoms with Gasteiger partial charge in [-0.05, 0) is 24.3 Å². The maximum absolute atomic E-state index is 13.6. The van der Waals surface area contributed by atoms with Crippen molar-refractivity contribution in [3.05, 3.63) is 59.4 Å². The number of quaternary nitrogens is 2. The lowest BCUT2D eigenvalue weighted by Gasteiger charge is -2.30.